The second-order valence-electron chi connectivity index (χ2n) is 5.93. The molecule has 3 rings (SSSR count). The summed E-state index contributed by atoms with van der Waals surface area (Å²) in [4.78, 5) is 15.5. The molecule has 1 heterocycles. The zero-order chi connectivity index (χ0) is 16.2. The first-order valence-corrected chi connectivity index (χ1v) is 9.28. The summed E-state index contributed by atoms with van der Waals surface area (Å²) in [5.74, 6) is 1.27. The first-order valence-electron chi connectivity index (χ1n) is 7.91. The summed E-state index contributed by atoms with van der Waals surface area (Å²) in [5, 5.41) is 6.10. The number of amides is 1. The zero-order valence-electron chi connectivity index (χ0n) is 13.2. The molecule has 5 heteroatoms. The lowest BCUT2D eigenvalue weighted by molar-refractivity contribution is -0.127. The molecule has 0 aliphatic carbocycles. The van der Waals surface area contributed by atoms with Crippen LogP contribution in [0.2, 0.25) is 5.02 Å². The van der Waals surface area contributed by atoms with Crippen molar-refractivity contribution in [2.75, 3.05) is 32.4 Å². The number of carbonyl (C=O) groups is 1. The molecule has 1 saturated heterocycles. The van der Waals surface area contributed by atoms with Gasteiger partial charge in [-0.1, -0.05) is 35.9 Å². The summed E-state index contributed by atoms with van der Waals surface area (Å²) in [6.45, 7) is 2.73. The number of rotatable bonds is 5. The van der Waals surface area contributed by atoms with Crippen LogP contribution < -0.4 is 5.32 Å². The Balaban J connectivity index is 1.66. The SMILES string of the molecule is CNCC1CCN(C(=O)CSc2cccc3cccc(Cl)c23)C1. The van der Waals surface area contributed by atoms with Gasteiger partial charge in [-0.15, -0.1) is 11.8 Å². The summed E-state index contributed by atoms with van der Waals surface area (Å²) >= 11 is 7.93. The van der Waals surface area contributed by atoms with Crippen molar-refractivity contribution in [3.8, 4) is 0 Å². The third kappa shape index (κ3) is 3.82. The normalized spacial score (nSPS) is 17.8. The van der Waals surface area contributed by atoms with Crippen molar-refractivity contribution in [3.63, 3.8) is 0 Å². The van der Waals surface area contributed by atoms with E-state index in [9.17, 15) is 4.79 Å². The molecule has 1 aliphatic heterocycles. The van der Waals surface area contributed by atoms with Crippen molar-refractivity contribution >= 4 is 40.0 Å². The third-order valence-corrected chi connectivity index (χ3v) is 5.66. The van der Waals surface area contributed by atoms with Gasteiger partial charge in [-0.05, 0) is 43.5 Å². The number of halogens is 1. The summed E-state index contributed by atoms with van der Waals surface area (Å²) in [6, 6.07) is 12.0. The Bertz CT molecular complexity index is 701. The van der Waals surface area contributed by atoms with Crippen molar-refractivity contribution in [2.45, 2.75) is 11.3 Å². The maximum Gasteiger partial charge on any atom is 0.232 e. The molecule has 0 radical (unpaired) electrons. The molecule has 0 spiro atoms. The minimum Gasteiger partial charge on any atom is -0.342 e. The van der Waals surface area contributed by atoms with Gasteiger partial charge in [-0.25, -0.2) is 0 Å². The van der Waals surface area contributed by atoms with E-state index in [-0.39, 0.29) is 5.91 Å². The fourth-order valence-electron chi connectivity index (χ4n) is 3.13. The maximum absolute atomic E-state index is 12.4. The number of hydrogen-bond acceptors (Lipinski definition) is 3. The fraction of sp³-hybridized carbons (Fsp3) is 0.389. The molecular weight excluding hydrogens is 328 g/mol. The van der Waals surface area contributed by atoms with Crippen LogP contribution in [0.15, 0.2) is 41.3 Å². The molecule has 3 nitrogen and oxygen atoms in total. The highest BCUT2D eigenvalue weighted by atomic mass is 35.5. The van der Waals surface area contributed by atoms with Gasteiger partial charge in [0, 0.05) is 28.4 Å². The van der Waals surface area contributed by atoms with Crippen LogP contribution in [0.3, 0.4) is 0 Å². The lowest BCUT2D eigenvalue weighted by Crippen LogP contribution is -2.31. The number of carbonyl (C=O) groups excluding carboxylic acids is 1. The fourth-order valence-corrected chi connectivity index (χ4v) is 4.48. The molecule has 2 aromatic carbocycles. The van der Waals surface area contributed by atoms with E-state index in [0.717, 1.165) is 46.7 Å². The zero-order valence-corrected chi connectivity index (χ0v) is 14.8. The Morgan fingerprint density at radius 3 is 2.91 bits per heavy atom. The average Bonchev–Trinajstić information content (AvgIpc) is 3.02. The summed E-state index contributed by atoms with van der Waals surface area (Å²) in [6.07, 6.45) is 1.09. The van der Waals surface area contributed by atoms with E-state index < -0.39 is 0 Å². The van der Waals surface area contributed by atoms with Crippen LogP contribution >= 0.6 is 23.4 Å². The number of likely N-dealkylation sites (tertiary alicyclic amines) is 1. The van der Waals surface area contributed by atoms with Crippen LogP contribution in [0.25, 0.3) is 10.8 Å². The van der Waals surface area contributed by atoms with E-state index >= 15 is 0 Å². The Morgan fingerprint density at radius 1 is 1.35 bits per heavy atom. The number of hydrogen-bond donors (Lipinski definition) is 1. The van der Waals surface area contributed by atoms with Crippen LogP contribution in [0, 0.1) is 5.92 Å². The van der Waals surface area contributed by atoms with E-state index in [1.54, 1.807) is 11.8 Å². The van der Waals surface area contributed by atoms with Crippen molar-refractivity contribution < 1.29 is 4.79 Å². The predicted molar refractivity (Wildman–Crippen MR) is 98.3 cm³/mol. The molecule has 0 saturated carbocycles. The van der Waals surface area contributed by atoms with E-state index in [0.29, 0.717) is 11.7 Å². The first kappa shape index (κ1) is 16.6. The monoisotopic (exact) mass is 348 g/mol. The minimum absolute atomic E-state index is 0.220. The van der Waals surface area contributed by atoms with Crippen LogP contribution in [0.5, 0.6) is 0 Å². The lowest BCUT2D eigenvalue weighted by atomic mass is 10.1. The van der Waals surface area contributed by atoms with Gasteiger partial charge in [0.05, 0.1) is 5.75 Å². The Morgan fingerprint density at radius 2 is 2.13 bits per heavy atom. The predicted octanol–water partition coefficient (Wildman–Crippen LogP) is 3.65. The molecule has 0 aromatic heterocycles. The van der Waals surface area contributed by atoms with Crippen LogP contribution in [0.1, 0.15) is 6.42 Å². The second-order valence-corrected chi connectivity index (χ2v) is 7.36. The van der Waals surface area contributed by atoms with E-state index in [4.69, 9.17) is 11.6 Å². The lowest BCUT2D eigenvalue weighted by Gasteiger charge is -2.16. The van der Waals surface area contributed by atoms with Crippen molar-refractivity contribution in [2.24, 2.45) is 5.92 Å². The average molecular weight is 349 g/mol. The molecule has 1 N–H and O–H groups in total. The van der Waals surface area contributed by atoms with Gasteiger partial charge < -0.3 is 10.2 Å². The minimum atomic E-state index is 0.220. The standard InChI is InChI=1S/C18H21ClN2OS/c1-20-10-13-8-9-21(11-13)17(22)12-23-16-7-3-5-14-4-2-6-15(19)18(14)16/h2-7,13,20H,8-12H2,1H3. The van der Waals surface area contributed by atoms with Crippen LogP contribution in [0.4, 0.5) is 0 Å². The number of nitrogens with zero attached hydrogens (tertiary/aromatic N) is 1. The van der Waals surface area contributed by atoms with Crippen molar-refractivity contribution in [1.29, 1.82) is 0 Å². The smallest absolute Gasteiger partial charge is 0.232 e. The highest BCUT2D eigenvalue weighted by Gasteiger charge is 2.25. The summed E-state index contributed by atoms with van der Waals surface area (Å²) < 4.78 is 0. The van der Waals surface area contributed by atoms with Gasteiger partial charge in [0.2, 0.25) is 5.91 Å². The maximum atomic E-state index is 12.4. The Labute approximate surface area is 146 Å². The Hall–Kier alpha value is -1.23. The third-order valence-electron chi connectivity index (χ3n) is 4.30. The summed E-state index contributed by atoms with van der Waals surface area (Å²) in [5.41, 5.74) is 0. The van der Waals surface area contributed by atoms with Gasteiger partial charge >= 0.3 is 0 Å². The quantitative estimate of drug-likeness (QED) is 0.837. The highest BCUT2D eigenvalue weighted by molar-refractivity contribution is 8.00. The number of thioether (sulfide) groups is 1. The molecule has 1 amide bonds. The van der Waals surface area contributed by atoms with Gasteiger partial charge in [0.15, 0.2) is 0 Å². The van der Waals surface area contributed by atoms with Gasteiger partial charge in [0.25, 0.3) is 0 Å². The number of benzene rings is 2. The molecule has 1 fully saturated rings. The van der Waals surface area contributed by atoms with E-state index in [1.165, 1.54) is 0 Å². The summed E-state index contributed by atoms with van der Waals surface area (Å²) in [7, 11) is 1.96. The van der Waals surface area contributed by atoms with Gasteiger partial charge in [-0.3, -0.25) is 4.79 Å². The highest BCUT2D eigenvalue weighted by Crippen LogP contribution is 2.33. The van der Waals surface area contributed by atoms with Crippen molar-refractivity contribution in [3.05, 3.63) is 41.4 Å². The Kier molecular flexibility index (Phi) is 5.46. The molecule has 1 atom stereocenters. The molecule has 0 bridgehead atoms. The van der Waals surface area contributed by atoms with Crippen LogP contribution in [-0.4, -0.2) is 43.2 Å². The van der Waals surface area contributed by atoms with Gasteiger partial charge in [0.1, 0.15) is 0 Å². The largest absolute Gasteiger partial charge is 0.342 e. The van der Waals surface area contributed by atoms with Gasteiger partial charge in [-0.2, -0.15) is 0 Å². The topological polar surface area (TPSA) is 32.3 Å². The molecular formula is C18H21ClN2OS. The number of nitrogens with one attached hydrogen (secondary N) is 1. The molecule has 122 valence electrons. The number of fused-ring (bicyclic) bond motifs is 1. The molecule has 1 unspecified atom stereocenters. The first-order chi connectivity index (χ1) is 11.2. The molecule has 2 aromatic rings. The second kappa shape index (κ2) is 7.56. The van der Waals surface area contributed by atoms with Crippen molar-refractivity contribution in [1.82, 2.24) is 10.2 Å². The molecule has 23 heavy (non-hydrogen) atoms. The van der Waals surface area contributed by atoms with E-state index in [2.05, 4.69) is 17.4 Å². The molecule has 1 aliphatic rings. The van der Waals surface area contributed by atoms with Crippen LogP contribution in [-0.2, 0) is 4.79 Å². The van der Waals surface area contributed by atoms with E-state index in [1.807, 2.05) is 36.2 Å².